The van der Waals surface area contributed by atoms with E-state index in [0.717, 1.165) is 6.42 Å². The van der Waals surface area contributed by atoms with Crippen LogP contribution in [0, 0.1) is 5.92 Å². The number of benzene rings is 1. The lowest BCUT2D eigenvalue weighted by molar-refractivity contribution is -0.136. The molecule has 1 aromatic carbocycles. The van der Waals surface area contributed by atoms with Crippen molar-refractivity contribution in [2.45, 2.75) is 19.8 Å². The number of carbonyl (C=O) groups is 2. The molecule has 0 radical (unpaired) electrons. The molecule has 0 aliphatic rings. The van der Waals surface area contributed by atoms with Crippen LogP contribution in [-0.2, 0) is 9.59 Å². The Kier molecular flexibility index (Phi) is 6.48. The third kappa shape index (κ3) is 4.83. The molecular weight excluding hydrogens is 280 g/mol. The molecule has 1 amide bonds. The van der Waals surface area contributed by atoms with Crippen molar-refractivity contribution in [3.63, 3.8) is 0 Å². The summed E-state index contributed by atoms with van der Waals surface area (Å²) in [7, 11) is 0. The first-order valence-electron chi connectivity index (χ1n) is 6.45. The molecule has 1 unspecified atom stereocenters. The number of hydrogen-bond donors (Lipinski definition) is 2. The minimum Gasteiger partial charge on any atom is -0.480 e. The SMILES string of the molecule is CCC(CN)CC(=O)N(CC(=O)O)c1cccc(Cl)c1. The second-order valence-electron chi connectivity index (χ2n) is 4.57. The van der Waals surface area contributed by atoms with Gasteiger partial charge in [-0.1, -0.05) is 31.0 Å². The molecule has 0 aliphatic heterocycles. The summed E-state index contributed by atoms with van der Waals surface area (Å²) in [5.41, 5.74) is 6.07. The normalized spacial score (nSPS) is 11.9. The van der Waals surface area contributed by atoms with Crippen LogP contribution in [0.1, 0.15) is 19.8 Å². The van der Waals surface area contributed by atoms with E-state index in [-0.39, 0.29) is 24.8 Å². The summed E-state index contributed by atoms with van der Waals surface area (Å²) in [6.07, 6.45) is 1.01. The highest BCUT2D eigenvalue weighted by molar-refractivity contribution is 6.30. The maximum atomic E-state index is 12.3. The number of halogens is 1. The van der Waals surface area contributed by atoms with Gasteiger partial charge in [0.25, 0.3) is 0 Å². The second kappa shape index (κ2) is 7.87. The number of aliphatic carboxylic acids is 1. The summed E-state index contributed by atoms with van der Waals surface area (Å²) in [5, 5.41) is 9.42. The van der Waals surface area contributed by atoms with Crippen LogP contribution in [0.3, 0.4) is 0 Å². The van der Waals surface area contributed by atoms with Crippen LogP contribution in [-0.4, -0.2) is 30.1 Å². The highest BCUT2D eigenvalue weighted by atomic mass is 35.5. The third-order valence-electron chi connectivity index (χ3n) is 3.09. The first-order chi connectivity index (χ1) is 9.47. The van der Waals surface area contributed by atoms with Crippen LogP contribution >= 0.6 is 11.6 Å². The van der Waals surface area contributed by atoms with Gasteiger partial charge in [-0.15, -0.1) is 0 Å². The molecule has 1 aromatic rings. The van der Waals surface area contributed by atoms with E-state index >= 15 is 0 Å². The summed E-state index contributed by atoms with van der Waals surface area (Å²) in [6.45, 7) is 1.96. The van der Waals surface area contributed by atoms with E-state index in [1.54, 1.807) is 24.3 Å². The Morgan fingerprint density at radius 2 is 2.15 bits per heavy atom. The second-order valence-corrected chi connectivity index (χ2v) is 5.00. The zero-order chi connectivity index (χ0) is 15.1. The molecule has 0 fully saturated rings. The van der Waals surface area contributed by atoms with Gasteiger partial charge in [-0.3, -0.25) is 9.59 Å². The first-order valence-corrected chi connectivity index (χ1v) is 6.83. The number of carbonyl (C=O) groups excluding carboxylic acids is 1. The van der Waals surface area contributed by atoms with Crippen LogP contribution in [0.15, 0.2) is 24.3 Å². The predicted octanol–water partition coefficient (Wildman–Crippen LogP) is 2.13. The summed E-state index contributed by atoms with van der Waals surface area (Å²) in [4.78, 5) is 24.5. The van der Waals surface area contributed by atoms with Crippen molar-refractivity contribution in [2.24, 2.45) is 11.7 Å². The van der Waals surface area contributed by atoms with Gasteiger partial charge in [0, 0.05) is 17.1 Å². The number of carboxylic acid groups (broad SMARTS) is 1. The van der Waals surface area contributed by atoms with Crippen molar-refractivity contribution in [1.82, 2.24) is 0 Å². The average molecular weight is 299 g/mol. The summed E-state index contributed by atoms with van der Waals surface area (Å²) >= 11 is 5.89. The number of rotatable bonds is 7. The number of carboxylic acids is 1. The lowest BCUT2D eigenvalue weighted by Gasteiger charge is -2.23. The van der Waals surface area contributed by atoms with E-state index in [2.05, 4.69) is 0 Å². The zero-order valence-corrected chi connectivity index (χ0v) is 12.1. The number of anilines is 1. The molecule has 1 rings (SSSR count). The Hall–Kier alpha value is -1.59. The van der Waals surface area contributed by atoms with Crippen LogP contribution < -0.4 is 10.6 Å². The van der Waals surface area contributed by atoms with Crippen molar-refractivity contribution in [2.75, 3.05) is 18.0 Å². The number of amides is 1. The van der Waals surface area contributed by atoms with Crippen LogP contribution in [0.5, 0.6) is 0 Å². The topological polar surface area (TPSA) is 83.6 Å². The molecule has 3 N–H and O–H groups in total. The van der Waals surface area contributed by atoms with Gasteiger partial charge in [0.2, 0.25) is 5.91 Å². The average Bonchev–Trinajstić information content (AvgIpc) is 2.41. The van der Waals surface area contributed by atoms with Gasteiger partial charge in [0.1, 0.15) is 6.54 Å². The van der Waals surface area contributed by atoms with E-state index in [0.29, 0.717) is 17.3 Å². The fourth-order valence-corrected chi connectivity index (χ4v) is 2.04. The lowest BCUT2D eigenvalue weighted by Crippen LogP contribution is -2.37. The molecule has 6 heteroatoms. The van der Waals surface area contributed by atoms with E-state index in [4.69, 9.17) is 22.4 Å². The molecule has 110 valence electrons. The van der Waals surface area contributed by atoms with Crippen molar-refractivity contribution >= 4 is 29.2 Å². The van der Waals surface area contributed by atoms with Gasteiger partial charge in [-0.25, -0.2) is 0 Å². The van der Waals surface area contributed by atoms with E-state index < -0.39 is 5.97 Å². The van der Waals surface area contributed by atoms with Gasteiger partial charge < -0.3 is 15.7 Å². The highest BCUT2D eigenvalue weighted by Crippen LogP contribution is 2.21. The van der Waals surface area contributed by atoms with E-state index in [9.17, 15) is 9.59 Å². The monoisotopic (exact) mass is 298 g/mol. The van der Waals surface area contributed by atoms with Gasteiger partial charge >= 0.3 is 5.97 Å². The van der Waals surface area contributed by atoms with Crippen LogP contribution in [0.4, 0.5) is 5.69 Å². The summed E-state index contributed by atoms with van der Waals surface area (Å²) < 4.78 is 0. The molecule has 5 nitrogen and oxygen atoms in total. The Morgan fingerprint density at radius 3 is 2.65 bits per heavy atom. The molecule has 0 saturated carbocycles. The van der Waals surface area contributed by atoms with Crippen molar-refractivity contribution in [1.29, 1.82) is 0 Å². The van der Waals surface area contributed by atoms with Crippen LogP contribution in [0.2, 0.25) is 5.02 Å². The number of hydrogen-bond acceptors (Lipinski definition) is 3. The number of nitrogens with zero attached hydrogens (tertiary/aromatic N) is 1. The Bertz CT molecular complexity index is 475. The molecule has 20 heavy (non-hydrogen) atoms. The standard InChI is InChI=1S/C14H19ClN2O3/c1-2-10(8-16)6-13(18)17(9-14(19)20)12-5-3-4-11(15)7-12/h3-5,7,10H,2,6,8-9,16H2,1H3,(H,19,20). The minimum absolute atomic E-state index is 0.0537. The van der Waals surface area contributed by atoms with Crippen LogP contribution in [0.25, 0.3) is 0 Å². The fourth-order valence-electron chi connectivity index (χ4n) is 1.85. The lowest BCUT2D eigenvalue weighted by atomic mass is 10.0. The number of nitrogens with two attached hydrogens (primary N) is 1. The maximum Gasteiger partial charge on any atom is 0.323 e. The molecule has 0 spiro atoms. The molecule has 1 atom stereocenters. The molecule has 0 saturated heterocycles. The molecular formula is C14H19ClN2O3. The van der Waals surface area contributed by atoms with E-state index in [1.807, 2.05) is 6.92 Å². The smallest absolute Gasteiger partial charge is 0.323 e. The third-order valence-corrected chi connectivity index (χ3v) is 3.32. The maximum absolute atomic E-state index is 12.3. The molecule has 0 aromatic heterocycles. The van der Waals surface area contributed by atoms with Gasteiger partial charge in [0.05, 0.1) is 0 Å². The summed E-state index contributed by atoms with van der Waals surface area (Å²) in [6, 6.07) is 6.59. The fraction of sp³-hybridized carbons (Fsp3) is 0.429. The Morgan fingerprint density at radius 1 is 1.45 bits per heavy atom. The summed E-state index contributed by atoms with van der Waals surface area (Å²) in [5.74, 6) is -1.27. The molecule has 0 aliphatic carbocycles. The van der Waals surface area contributed by atoms with Crippen molar-refractivity contribution in [3.8, 4) is 0 Å². The van der Waals surface area contributed by atoms with Gasteiger partial charge in [-0.05, 0) is 30.7 Å². The van der Waals surface area contributed by atoms with Gasteiger partial charge in [0.15, 0.2) is 0 Å². The largest absolute Gasteiger partial charge is 0.480 e. The van der Waals surface area contributed by atoms with Gasteiger partial charge in [-0.2, -0.15) is 0 Å². The molecule has 0 bridgehead atoms. The van der Waals surface area contributed by atoms with E-state index in [1.165, 1.54) is 4.90 Å². The predicted molar refractivity (Wildman–Crippen MR) is 78.9 cm³/mol. The minimum atomic E-state index is -1.07. The van der Waals surface area contributed by atoms with Crippen molar-refractivity contribution in [3.05, 3.63) is 29.3 Å². The first kappa shape index (κ1) is 16.5. The zero-order valence-electron chi connectivity index (χ0n) is 11.4. The quantitative estimate of drug-likeness (QED) is 0.808. The highest BCUT2D eigenvalue weighted by Gasteiger charge is 2.21. The Labute approximate surface area is 123 Å². The van der Waals surface area contributed by atoms with Crippen molar-refractivity contribution < 1.29 is 14.7 Å². The Balaban J connectivity index is 2.94. The molecule has 0 heterocycles.